The van der Waals surface area contributed by atoms with Crippen LogP contribution in [-0.4, -0.2) is 26.3 Å². The lowest BCUT2D eigenvalue weighted by molar-refractivity contribution is 0.342. The summed E-state index contributed by atoms with van der Waals surface area (Å²) in [4.78, 5) is 0. The summed E-state index contributed by atoms with van der Waals surface area (Å²) in [5, 5.41) is 3.56. The molecular formula is C20H28N2O2. The van der Waals surface area contributed by atoms with Crippen molar-refractivity contribution in [2.45, 2.75) is 32.7 Å². The van der Waals surface area contributed by atoms with E-state index in [9.17, 15) is 0 Å². The van der Waals surface area contributed by atoms with E-state index >= 15 is 0 Å². The predicted octanol–water partition coefficient (Wildman–Crippen LogP) is 3.44. The summed E-state index contributed by atoms with van der Waals surface area (Å²) in [7, 11) is 1.69. The van der Waals surface area contributed by atoms with Crippen LogP contribution in [0.3, 0.4) is 0 Å². The van der Waals surface area contributed by atoms with Crippen LogP contribution >= 0.6 is 0 Å². The summed E-state index contributed by atoms with van der Waals surface area (Å²) < 4.78 is 10.7. The average molecular weight is 328 g/mol. The fraction of sp³-hybridized carbons (Fsp3) is 0.400. The van der Waals surface area contributed by atoms with Gasteiger partial charge in [-0.05, 0) is 68.6 Å². The highest BCUT2D eigenvalue weighted by molar-refractivity contribution is 5.54. The second kappa shape index (κ2) is 9.18. The van der Waals surface area contributed by atoms with Crippen LogP contribution in [0.25, 0.3) is 0 Å². The molecule has 4 heteroatoms. The molecular weight excluding hydrogens is 300 g/mol. The van der Waals surface area contributed by atoms with Crippen molar-refractivity contribution in [3.8, 4) is 11.5 Å². The molecule has 2 rings (SSSR count). The first-order chi connectivity index (χ1) is 11.6. The van der Waals surface area contributed by atoms with E-state index in [4.69, 9.17) is 15.2 Å². The molecule has 0 aliphatic rings. The molecule has 0 spiro atoms. The number of hydrogen-bond acceptors (Lipinski definition) is 4. The number of methoxy groups -OCH3 is 1. The smallest absolute Gasteiger partial charge is 0.142 e. The van der Waals surface area contributed by atoms with Gasteiger partial charge in [0.2, 0.25) is 0 Å². The Bertz CT molecular complexity index is 626. The topological polar surface area (TPSA) is 56.5 Å². The minimum atomic E-state index is 0.389. The highest BCUT2D eigenvalue weighted by atomic mass is 16.5. The van der Waals surface area contributed by atoms with Crippen LogP contribution < -0.4 is 20.5 Å². The zero-order chi connectivity index (χ0) is 17.4. The number of anilines is 1. The van der Waals surface area contributed by atoms with E-state index < -0.39 is 0 Å². The van der Waals surface area contributed by atoms with Crippen molar-refractivity contribution < 1.29 is 9.47 Å². The number of ether oxygens (including phenoxy) is 2. The molecule has 0 radical (unpaired) electrons. The Balaban J connectivity index is 1.78. The first-order valence-electron chi connectivity index (χ1n) is 8.50. The summed E-state index contributed by atoms with van der Waals surface area (Å²) in [5.74, 6) is 1.66. The zero-order valence-electron chi connectivity index (χ0n) is 14.8. The standard InChI is InChI=1S/C20H28N2O2/c1-4-24-20-10-7-17(14-19(20)21)13-15(2)22-12-11-16-5-8-18(23-3)9-6-16/h5-10,14-15,22H,4,11-13,21H2,1-3H3. The molecule has 0 fully saturated rings. The fourth-order valence-electron chi connectivity index (χ4n) is 2.69. The SMILES string of the molecule is CCOc1ccc(CC(C)NCCc2ccc(OC)cc2)cc1N. The molecule has 0 bridgehead atoms. The molecule has 4 nitrogen and oxygen atoms in total. The molecule has 24 heavy (non-hydrogen) atoms. The van der Waals surface area contributed by atoms with E-state index in [1.165, 1.54) is 11.1 Å². The molecule has 0 saturated carbocycles. The van der Waals surface area contributed by atoms with Gasteiger partial charge in [-0.25, -0.2) is 0 Å². The van der Waals surface area contributed by atoms with Crippen LogP contribution in [-0.2, 0) is 12.8 Å². The number of rotatable bonds is 9. The maximum absolute atomic E-state index is 6.03. The average Bonchev–Trinajstić information content (AvgIpc) is 2.58. The van der Waals surface area contributed by atoms with E-state index in [0.29, 0.717) is 18.3 Å². The Morgan fingerprint density at radius 2 is 1.79 bits per heavy atom. The second-order valence-corrected chi connectivity index (χ2v) is 5.96. The predicted molar refractivity (Wildman–Crippen MR) is 99.9 cm³/mol. The van der Waals surface area contributed by atoms with E-state index in [1.54, 1.807) is 7.11 Å². The number of nitrogens with one attached hydrogen (secondary N) is 1. The Labute approximate surface area is 145 Å². The Kier molecular flexibility index (Phi) is 6.94. The Morgan fingerprint density at radius 3 is 2.42 bits per heavy atom. The van der Waals surface area contributed by atoms with Gasteiger partial charge >= 0.3 is 0 Å². The van der Waals surface area contributed by atoms with Crippen molar-refractivity contribution in [1.82, 2.24) is 5.32 Å². The second-order valence-electron chi connectivity index (χ2n) is 5.96. The number of nitrogens with two attached hydrogens (primary N) is 1. The monoisotopic (exact) mass is 328 g/mol. The first-order valence-corrected chi connectivity index (χ1v) is 8.50. The van der Waals surface area contributed by atoms with Gasteiger partial charge in [-0.2, -0.15) is 0 Å². The number of nitrogen functional groups attached to an aromatic ring is 1. The van der Waals surface area contributed by atoms with E-state index in [1.807, 2.05) is 31.2 Å². The van der Waals surface area contributed by atoms with Gasteiger partial charge in [0.1, 0.15) is 11.5 Å². The van der Waals surface area contributed by atoms with Gasteiger partial charge in [-0.3, -0.25) is 0 Å². The molecule has 0 saturated heterocycles. The van der Waals surface area contributed by atoms with Crippen LogP contribution in [0.4, 0.5) is 5.69 Å². The van der Waals surface area contributed by atoms with E-state index in [-0.39, 0.29) is 0 Å². The van der Waals surface area contributed by atoms with Gasteiger partial charge in [0.15, 0.2) is 0 Å². The van der Waals surface area contributed by atoms with Crippen molar-refractivity contribution in [1.29, 1.82) is 0 Å². The quantitative estimate of drug-likeness (QED) is 0.692. The van der Waals surface area contributed by atoms with Crippen LogP contribution in [0.1, 0.15) is 25.0 Å². The third kappa shape index (κ3) is 5.46. The van der Waals surface area contributed by atoms with Crippen molar-refractivity contribution in [3.63, 3.8) is 0 Å². The highest BCUT2D eigenvalue weighted by Gasteiger charge is 2.06. The fourth-order valence-corrected chi connectivity index (χ4v) is 2.69. The van der Waals surface area contributed by atoms with Crippen molar-refractivity contribution in [3.05, 3.63) is 53.6 Å². The summed E-state index contributed by atoms with van der Waals surface area (Å²) >= 11 is 0. The lowest BCUT2D eigenvalue weighted by Gasteiger charge is -2.15. The minimum Gasteiger partial charge on any atom is -0.497 e. The van der Waals surface area contributed by atoms with Gasteiger partial charge < -0.3 is 20.5 Å². The van der Waals surface area contributed by atoms with Crippen LogP contribution in [0.2, 0.25) is 0 Å². The maximum atomic E-state index is 6.03. The maximum Gasteiger partial charge on any atom is 0.142 e. The van der Waals surface area contributed by atoms with Gasteiger partial charge in [0, 0.05) is 6.04 Å². The van der Waals surface area contributed by atoms with E-state index in [0.717, 1.165) is 30.9 Å². The molecule has 0 heterocycles. The molecule has 0 aliphatic heterocycles. The molecule has 1 atom stereocenters. The van der Waals surface area contributed by atoms with Gasteiger partial charge in [-0.1, -0.05) is 18.2 Å². The lowest BCUT2D eigenvalue weighted by atomic mass is 10.1. The lowest BCUT2D eigenvalue weighted by Crippen LogP contribution is -2.30. The molecule has 0 amide bonds. The third-order valence-electron chi connectivity index (χ3n) is 3.98. The minimum absolute atomic E-state index is 0.389. The van der Waals surface area contributed by atoms with Gasteiger partial charge in [0.05, 0.1) is 19.4 Å². The number of hydrogen-bond donors (Lipinski definition) is 2. The van der Waals surface area contributed by atoms with Crippen LogP contribution in [0, 0.1) is 0 Å². The third-order valence-corrected chi connectivity index (χ3v) is 3.98. The molecule has 0 aliphatic carbocycles. The van der Waals surface area contributed by atoms with Crippen LogP contribution in [0.5, 0.6) is 11.5 Å². The summed E-state index contributed by atoms with van der Waals surface area (Å²) in [6.07, 6.45) is 1.94. The molecule has 2 aromatic carbocycles. The molecule has 0 aromatic heterocycles. The van der Waals surface area contributed by atoms with Crippen molar-refractivity contribution in [2.75, 3.05) is 26.0 Å². The van der Waals surface area contributed by atoms with Gasteiger partial charge in [-0.15, -0.1) is 0 Å². The number of benzene rings is 2. The molecule has 3 N–H and O–H groups in total. The first kappa shape index (κ1) is 18.1. The largest absolute Gasteiger partial charge is 0.497 e. The molecule has 130 valence electrons. The molecule has 1 unspecified atom stereocenters. The van der Waals surface area contributed by atoms with Crippen molar-refractivity contribution >= 4 is 5.69 Å². The Morgan fingerprint density at radius 1 is 1.08 bits per heavy atom. The van der Waals surface area contributed by atoms with Gasteiger partial charge in [0.25, 0.3) is 0 Å². The zero-order valence-corrected chi connectivity index (χ0v) is 14.8. The van der Waals surface area contributed by atoms with E-state index in [2.05, 4.69) is 30.4 Å². The summed E-state index contributed by atoms with van der Waals surface area (Å²) in [5.41, 5.74) is 9.26. The summed E-state index contributed by atoms with van der Waals surface area (Å²) in [6.45, 7) is 5.73. The normalized spacial score (nSPS) is 12.0. The van der Waals surface area contributed by atoms with Crippen molar-refractivity contribution in [2.24, 2.45) is 0 Å². The highest BCUT2D eigenvalue weighted by Crippen LogP contribution is 2.23. The summed E-state index contributed by atoms with van der Waals surface area (Å²) in [6, 6.07) is 14.7. The molecule has 2 aromatic rings. The Hall–Kier alpha value is -2.20. The van der Waals surface area contributed by atoms with Crippen LogP contribution in [0.15, 0.2) is 42.5 Å².